The first-order valence-corrected chi connectivity index (χ1v) is 11.1. The highest BCUT2D eigenvalue weighted by Crippen LogP contribution is 2.34. The van der Waals surface area contributed by atoms with Gasteiger partial charge in [0.2, 0.25) is 5.91 Å². The normalized spacial score (nSPS) is 15.3. The second kappa shape index (κ2) is 9.91. The predicted molar refractivity (Wildman–Crippen MR) is 128 cm³/mol. The van der Waals surface area contributed by atoms with Crippen LogP contribution in [0.2, 0.25) is 0 Å². The highest BCUT2D eigenvalue weighted by atomic mass is 16.5. The van der Waals surface area contributed by atoms with Crippen LogP contribution in [-0.4, -0.2) is 55.7 Å². The molecule has 0 aromatic heterocycles. The van der Waals surface area contributed by atoms with Gasteiger partial charge in [-0.05, 0) is 24.3 Å². The molecule has 3 aromatic carbocycles. The fourth-order valence-corrected chi connectivity index (χ4v) is 4.41. The van der Waals surface area contributed by atoms with E-state index in [0.29, 0.717) is 47.6 Å². The minimum absolute atomic E-state index is 0.0677. The van der Waals surface area contributed by atoms with Crippen molar-refractivity contribution < 1.29 is 28.9 Å². The van der Waals surface area contributed by atoms with Gasteiger partial charge in [-0.1, -0.05) is 30.3 Å². The number of nitrogens with zero attached hydrogens (tertiary/aromatic N) is 1. The van der Waals surface area contributed by atoms with E-state index in [4.69, 9.17) is 14.2 Å². The highest BCUT2D eigenvalue weighted by molar-refractivity contribution is 6.05. The fourth-order valence-electron chi connectivity index (χ4n) is 4.41. The number of rotatable bonds is 7. The number of hydrogen-bond acceptors (Lipinski definition) is 6. The molecule has 1 heterocycles. The van der Waals surface area contributed by atoms with Gasteiger partial charge in [-0.15, -0.1) is 0 Å². The Kier molecular flexibility index (Phi) is 6.77. The summed E-state index contributed by atoms with van der Waals surface area (Å²) in [7, 11) is 4.62. The van der Waals surface area contributed by atoms with Crippen LogP contribution in [0.1, 0.15) is 28.8 Å². The molecular weight excluding hydrogens is 436 g/mol. The SMILES string of the molecule is COc1cc(OC)c(CNC(=O)C2CCCN2C(=O)c2ccc3ccccc3c2O)c(OC)c1. The molecule has 34 heavy (non-hydrogen) atoms. The highest BCUT2D eigenvalue weighted by Gasteiger charge is 2.35. The molecule has 8 heteroatoms. The van der Waals surface area contributed by atoms with Crippen molar-refractivity contribution in [1.29, 1.82) is 0 Å². The summed E-state index contributed by atoms with van der Waals surface area (Å²) in [6, 6.07) is 13.5. The summed E-state index contributed by atoms with van der Waals surface area (Å²) in [6.45, 7) is 0.604. The Bertz CT molecular complexity index is 1200. The molecule has 1 fully saturated rings. The number of carbonyl (C=O) groups excluding carboxylic acids is 2. The molecule has 2 N–H and O–H groups in total. The van der Waals surface area contributed by atoms with Gasteiger partial charge in [-0.2, -0.15) is 0 Å². The lowest BCUT2D eigenvalue weighted by molar-refractivity contribution is -0.125. The van der Waals surface area contributed by atoms with Crippen LogP contribution in [0.15, 0.2) is 48.5 Å². The maximum atomic E-state index is 13.3. The van der Waals surface area contributed by atoms with Gasteiger partial charge in [-0.3, -0.25) is 9.59 Å². The number of aromatic hydroxyl groups is 1. The summed E-state index contributed by atoms with van der Waals surface area (Å²) in [4.78, 5) is 27.9. The zero-order valence-corrected chi connectivity index (χ0v) is 19.5. The second-order valence-corrected chi connectivity index (χ2v) is 8.07. The number of benzene rings is 3. The van der Waals surface area contributed by atoms with Crippen LogP contribution in [0, 0.1) is 0 Å². The number of phenolic OH excluding ortho intramolecular Hbond substituents is 1. The van der Waals surface area contributed by atoms with Gasteiger partial charge in [0.25, 0.3) is 5.91 Å². The van der Waals surface area contributed by atoms with Gasteiger partial charge >= 0.3 is 0 Å². The number of carbonyl (C=O) groups is 2. The van der Waals surface area contributed by atoms with Crippen LogP contribution in [0.3, 0.4) is 0 Å². The van der Waals surface area contributed by atoms with Crippen LogP contribution in [0.4, 0.5) is 0 Å². The van der Waals surface area contributed by atoms with E-state index in [1.807, 2.05) is 18.2 Å². The Morgan fingerprint density at radius 2 is 1.74 bits per heavy atom. The lowest BCUT2D eigenvalue weighted by Crippen LogP contribution is -2.45. The van der Waals surface area contributed by atoms with E-state index < -0.39 is 6.04 Å². The molecule has 0 spiro atoms. The van der Waals surface area contributed by atoms with Gasteiger partial charge < -0.3 is 29.5 Å². The van der Waals surface area contributed by atoms with Crippen LogP contribution in [0.25, 0.3) is 10.8 Å². The summed E-state index contributed by atoms with van der Waals surface area (Å²) in [5, 5.41) is 15.1. The third-order valence-corrected chi connectivity index (χ3v) is 6.20. The quantitative estimate of drug-likeness (QED) is 0.556. The number of phenols is 1. The van der Waals surface area contributed by atoms with Crippen molar-refractivity contribution in [1.82, 2.24) is 10.2 Å². The third kappa shape index (κ3) is 4.31. The third-order valence-electron chi connectivity index (χ3n) is 6.20. The molecular formula is C26H28N2O6. The molecule has 0 bridgehead atoms. The fraction of sp³-hybridized carbons (Fsp3) is 0.308. The van der Waals surface area contributed by atoms with Gasteiger partial charge in [0.15, 0.2) is 0 Å². The van der Waals surface area contributed by atoms with Gasteiger partial charge in [-0.25, -0.2) is 0 Å². The topological polar surface area (TPSA) is 97.3 Å². The van der Waals surface area contributed by atoms with Crippen molar-refractivity contribution in [3.63, 3.8) is 0 Å². The monoisotopic (exact) mass is 464 g/mol. The van der Waals surface area contributed by atoms with Crippen molar-refractivity contribution >= 4 is 22.6 Å². The molecule has 1 saturated heterocycles. The number of methoxy groups -OCH3 is 3. The molecule has 1 aliphatic rings. The Hall–Kier alpha value is -3.94. The van der Waals surface area contributed by atoms with Gasteiger partial charge in [0, 0.05) is 24.1 Å². The minimum Gasteiger partial charge on any atom is -0.506 e. The number of amides is 2. The first kappa shape index (κ1) is 23.2. The van der Waals surface area contributed by atoms with Crippen molar-refractivity contribution in [2.75, 3.05) is 27.9 Å². The molecule has 3 aromatic rings. The smallest absolute Gasteiger partial charge is 0.258 e. The van der Waals surface area contributed by atoms with E-state index in [1.54, 1.807) is 37.4 Å². The Balaban J connectivity index is 1.53. The minimum atomic E-state index is -0.631. The molecule has 8 nitrogen and oxygen atoms in total. The predicted octanol–water partition coefficient (Wildman–Crippen LogP) is 3.49. The molecule has 4 rings (SSSR count). The summed E-state index contributed by atoms with van der Waals surface area (Å²) in [5.41, 5.74) is 0.860. The molecule has 1 aliphatic heterocycles. The van der Waals surface area contributed by atoms with Crippen molar-refractivity contribution in [3.05, 3.63) is 59.7 Å². The molecule has 178 valence electrons. The number of ether oxygens (including phenoxy) is 3. The van der Waals surface area contributed by atoms with E-state index >= 15 is 0 Å². The summed E-state index contributed by atoms with van der Waals surface area (Å²) < 4.78 is 16.2. The maximum Gasteiger partial charge on any atom is 0.258 e. The van der Waals surface area contributed by atoms with E-state index in [-0.39, 0.29) is 29.7 Å². The van der Waals surface area contributed by atoms with Crippen LogP contribution in [-0.2, 0) is 11.3 Å². The van der Waals surface area contributed by atoms with Crippen molar-refractivity contribution in [2.24, 2.45) is 0 Å². The second-order valence-electron chi connectivity index (χ2n) is 8.07. The Morgan fingerprint density at radius 1 is 1.03 bits per heavy atom. The number of nitrogens with one attached hydrogen (secondary N) is 1. The Labute approximate surface area is 198 Å². The molecule has 1 atom stereocenters. The number of fused-ring (bicyclic) bond motifs is 1. The molecule has 1 unspecified atom stereocenters. The Morgan fingerprint density at radius 3 is 2.41 bits per heavy atom. The summed E-state index contributed by atoms with van der Waals surface area (Å²) >= 11 is 0. The first-order valence-electron chi connectivity index (χ1n) is 11.1. The molecule has 0 aliphatic carbocycles. The number of hydrogen-bond donors (Lipinski definition) is 2. The van der Waals surface area contributed by atoms with Crippen LogP contribution in [0.5, 0.6) is 23.0 Å². The first-order chi connectivity index (χ1) is 16.5. The zero-order valence-electron chi connectivity index (χ0n) is 19.5. The average Bonchev–Trinajstić information content (AvgIpc) is 3.37. The van der Waals surface area contributed by atoms with E-state index in [1.165, 1.54) is 19.1 Å². The van der Waals surface area contributed by atoms with Crippen LogP contribution >= 0.6 is 0 Å². The summed E-state index contributed by atoms with van der Waals surface area (Å²) in [5.74, 6) is 0.925. The lowest BCUT2D eigenvalue weighted by atomic mass is 10.0. The van der Waals surface area contributed by atoms with E-state index in [2.05, 4.69) is 5.32 Å². The largest absolute Gasteiger partial charge is 0.506 e. The van der Waals surface area contributed by atoms with Gasteiger partial charge in [0.1, 0.15) is 29.0 Å². The van der Waals surface area contributed by atoms with Gasteiger partial charge in [0.05, 0.1) is 39.0 Å². The molecule has 2 amide bonds. The average molecular weight is 465 g/mol. The standard InChI is InChI=1S/C26H28N2O6/c1-32-17-13-22(33-2)20(23(14-17)34-3)15-27-25(30)21-9-6-12-28(21)26(31)19-11-10-16-7-4-5-8-18(16)24(19)29/h4-5,7-8,10-11,13-14,21,29H,6,9,12,15H2,1-3H3,(H,27,30). The maximum absolute atomic E-state index is 13.3. The molecule has 0 saturated carbocycles. The van der Waals surface area contributed by atoms with Crippen molar-refractivity contribution in [2.45, 2.75) is 25.4 Å². The van der Waals surface area contributed by atoms with Crippen molar-refractivity contribution in [3.8, 4) is 23.0 Å². The number of likely N-dealkylation sites (tertiary alicyclic amines) is 1. The van der Waals surface area contributed by atoms with E-state index in [0.717, 1.165) is 5.39 Å². The zero-order chi connectivity index (χ0) is 24.2. The van der Waals surface area contributed by atoms with Crippen LogP contribution < -0.4 is 19.5 Å². The van der Waals surface area contributed by atoms with E-state index in [9.17, 15) is 14.7 Å². The molecule has 0 radical (unpaired) electrons. The lowest BCUT2D eigenvalue weighted by Gasteiger charge is -2.25. The summed E-state index contributed by atoms with van der Waals surface area (Å²) in [6.07, 6.45) is 1.25.